The van der Waals surface area contributed by atoms with Crippen LogP contribution in [0, 0.1) is 6.92 Å². The van der Waals surface area contributed by atoms with E-state index in [1.165, 1.54) is 5.56 Å². The zero-order chi connectivity index (χ0) is 18.0. The summed E-state index contributed by atoms with van der Waals surface area (Å²) in [6, 6.07) is 7.91. The average molecular weight is 338 g/mol. The van der Waals surface area contributed by atoms with Gasteiger partial charge in [0.1, 0.15) is 0 Å². The molecule has 6 heteroatoms. The Kier molecular flexibility index (Phi) is 4.79. The number of carbonyl (C=O) groups excluding carboxylic acids is 1. The second kappa shape index (κ2) is 7.01. The lowest BCUT2D eigenvalue weighted by molar-refractivity contribution is 0.0774. The number of hydrogen-bond acceptors (Lipinski definition) is 5. The summed E-state index contributed by atoms with van der Waals surface area (Å²) >= 11 is 0. The van der Waals surface area contributed by atoms with Gasteiger partial charge < -0.3 is 9.32 Å². The molecule has 3 aromatic rings. The fraction of sp³-hybridized carbons (Fsp3) is 0.368. The number of rotatable bonds is 5. The van der Waals surface area contributed by atoms with E-state index in [0.29, 0.717) is 23.8 Å². The van der Waals surface area contributed by atoms with Crippen molar-refractivity contribution < 1.29 is 9.21 Å². The highest BCUT2D eigenvalue weighted by Gasteiger charge is 2.18. The second-order valence-electron chi connectivity index (χ2n) is 6.12. The van der Waals surface area contributed by atoms with Crippen LogP contribution >= 0.6 is 0 Å². The van der Waals surface area contributed by atoms with Gasteiger partial charge in [-0.3, -0.25) is 9.78 Å². The van der Waals surface area contributed by atoms with Crippen LogP contribution in [0.1, 0.15) is 47.2 Å². The Labute approximate surface area is 146 Å². The molecule has 130 valence electrons. The van der Waals surface area contributed by atoms with Crippen molar-refractivity contribution in [1.82, 2.24) is 20.1 Å². The van der Waals surface area contributed by atoms with Crippen molar-refractivity contribution in [2.75, 3.05) is 7.05 Å². The molecular formula is C19H22N4O2. The third-order valence-electron chi connectivity index (χ3n) is 4.17. The first kappa shape index (κ1) is 17.1. The number of benzene rings is 1. The maximum Gasteiger partial charge on any atom is 0.254 e. The van der Waals surface area contributed by atoms with Gasteiger partial charge in [0.05, 0.1) is 17.6 Å². The van der Waals surface area contributed by atoms with E-state index in [9.17, 15) is 4.79 Å². The molecule has 0 aliphatic rings. The molecule has 0 bridgehead atoms. The summed E-state index contributed by atoms with van der Waals surface area (Å²) in [5.74, 6) is 0.936. The van der Waals surface area contributed by atoms with Crippen LogP contribution in [0.3, 0.4) is 0 Å². The van der Waals surface area contributed by atoms with Crippen LogP contribution in [-0.4, -0.2) is 33.0 Å². The zero-order valence-corrected chi connectivity index (χ0v) is 15.0. The molecule has 0 aliphatic carbocycles. The molecule has 0 aliphatic heterocycles. The minimum Gasteiger partial charge on any atom is -0.423 e. The van der Waals surface area contributed by atoms with Gasteiger partial charge >= 0.3 is 0 Å². The maximum atomic E-state index is 13.0. The number of aryl methyl sites for hydroxylation is 3. The van der Waals surface area contributed by atoms with Crippen LogP contribution < -0.4 is 0 Å². The molecule has 0 saturated carbocycles. The van der Waals surface area contributed by atoms with Gasteiger partial charge in [-0.1, -0.05) is 19.9 Å². The van der Waals surface area contributed by atoms with Gasteiger partial charge in [0.15, 0.2) is 0 Å². The topological polar surface area (TPSA) is 72.1 Å². The van der Waals surface area contributed by atoms with Gasteiger partial charge in [-0.05, 0) is 37.1 Å². The van der Waals surface area contributed by atoms with Crippen molar-refractivity contribution in [2.45, 2.75) is 40.2 Å². The molecule has 2 aromatic heterocycles. The quantitative estimate of drug-likeness (QED) is 0.713. The molecule has 1 aromatic carbocycles. The molecule has 6 nitrogen and oxygen atoms in total. The summed E-state index contributed by atoms with van der Waals surface area (Å²) in [4.78, 5) is 19.1. The third-order valence-corrected chi connectivity index (χ3v) is 4.17. The van der Waals surface area contributed by atoms with E-state index < -0.39 is 0 Å². The fourth-order valence-electron chi connectivity index (χ4n) is 2.78. The number of pyridine rings is 1. The standard InChI is InChI=1S/C19H22N4O2/c1-5-13-7-8-16-14(10-13)15(9-12(3)20-16)19(24)23(4)11-18-22-21-17(6-2)25-18/h7-10H,5-6,11H2,1-4H3. The molecule has 2 heterocycles. The number of nitrogens with zero attached hydrogens (tertiary/aromatic N) is 4. The zero-order valence-electron chi connectivity index (χ0n) is 15.0. The highest BCUT2D eigenvalue weighted by molar-refractivity contribution is 6.06. The Morgan fingerprint density at radius 3 is 2.56 bits per heavy atom. The molecule has 0 saturated heterocycles. The number of fused-ring (bicyclic) bond motifs is 1. The summed E-state index contributed by atoms with van der Waals surface area (Å²) in [5.41, 5.74) is 3.48. The highest BCUT2D eigenvalue weighted by Crippen LogP contribution is 2.22. The molecule has 25 heavy (non-hydrogen) atoms. The molecule has 3 rings (SSSR count). The molecular weight excluding hydrogens is 316 g/mol. The fourth-order valence-corrected chi connectivity index (χ4v) is 2.78. The van der Waals surface area contributed by atoms with Crippen molar-refractivity contribution in [3.63, 3.8) is 0 Å². The lowest BCUT2D eigenvalue weighted by Gasteiger charge is -2.17. The summed E-state index contributed by atoms with van der Waals surface area (Å²) in [7, 11) is 1.74. The van der Waals surface area contributed by atoms with Crippen molar-refractivity contribution >= 4 is 16.8 Å². The van der Waals surface area contributed by atoms with Gasteiger partial charge in [-0.15, -0.1) is 10.2 Å². The normalized spacial score (nSPS) is 11.0. The Balaban J connectivity index is 1.94. The lowest BCUT2D eigenvalue weighted by atomic mass is 10.0. The smallest absolute Gasteiger partial charge is 0.254 e. The van der Waals surface area contributed by atoms with E-state index in [1.54, 1.807) is 11.9 Å². The van der Waals surface area contributed by atoms with E-state index in [1.807, 2.05) is 32.0 Å². The van der Waals surface area contributed by atoms with Crippen LogP contribution in [0.15, 0.2) is 28.7 Å². The Hall–Kier alpha value is -2.76. The summed E-state index contributed by atoms with van der Waals surface area (Å²) < 4.78 is 5.51. The molecule has 0 fully saturated rings. The van der Waals surface area contributed by atoms with Gasteiger partial charge in [-0.2, -0.15) is 0 Å². The third kappa shape index (κ3) is 3.52. The monoisotopic (exact) mass is 338 g/mol. The first-order chi connectivity index (χ1) is 12.0. The Morgan fingerprint density at radius 1 is 1.12 bits per heavy atom. The molecule has 0 unspecified atom stereocenters. The van der Waals surface area contributed by atoms with Crippen LogP contribution in [0.4, 0.5) is 0 Å². The van der Waals surface area contributed by atoms with Crippen molar-refractivity contribution in [3.05, 3.63) is 52.9 Å². The first-order valence-corrected chi connectivity index (χ1v) is 8.48. The van der Waals surface area contributed by atoms with Crippen molar-refractivity contribution in [3.8, 4) is 0 Å². The highest BCUT2D eigenvalue weighted by atomic mass is 16.4. The van der Waals surface area contributed by atoms with E-state index in [2.05, 4.69) is 28.2 Å². The van der Waals surface area contributed by atoms with Crippen LogP contribution in [0.2, 0.25) is 0 Å². The minimum atomic E-state index is -0.0833. The number of hydrogen-bond donors (Lipinski definition) is 0. The predicted molar refractivity (Wildman–Crippen MR) is 95.3 cm³/mol. The Bertz CT molecular complexity index is 917. The molecule has 1 amide bonds. The van der Waals surface area contributed by atoms with Crippen LogP contribution in [0.5, 0.6) is 0 Å². The van der Waals surface area contributed by atoms with E-state index in [4.69, 9.17) is 4.42 Å². The van der Waals surface area contributed by atoms with Crippen molar-refractivity contribution in [1.29, 1.82) is 0 Å². The van der Waals surface area contributed by atoms with Gasteiger partial charge in [0, 0.05) is 24.5 Å². The summed E-state index contributed by atoms with van der Waals surface area (Å²) in [5, 5.41) is 8.81. The lowest BCUT2D eigenvalue weighted by Crippen LogP contribution is -2.26. The molecule has 0 radical (unpaired) electrons. The van der Waals surface area contributed by atoms with Gasteiger partial charge in [0.2, 0.25) is 11.8 Å². The average Bonchev–Trinajstić information content (AvgIpc) is 3.07. The predicted octanol–water partition coefficient (Wildman–Crippen LogP) is 3.32. The number of aromatic nitrogens is 3. The van der Waals surface area contributed by atoms with E-state index in [-0.39, 0.29) is 12.5 Å². The maximum absolute atomic E-state index is 13.0. The number of carbonyl (C=O) groups is 1. The summed E-state index contributed by atoms with van der Waals surface area (Å²) in [6.07, 6.45) is 1.59. The summed E-state index contributed by atoms with van der Waals surface area (Å²) in [6.45, 7) is 6.22. The Morgan fingerprint density at radius 2 is 1.88 bits per heavy atom. The van der Waals surface area contributed by atoms with E-state index >= 15 is 0 Å². The van der Waals surface area contributed by atoms with Crippen LogP contribution in [0.25, 0.3) is 10.9 Å². The SMILES string of the molecule is CCc1ccc2nc(C)cc(C(=O)N(C)Cc3nnc(CC)o3)c2c1. The second-order valence-corrected chi connectivity index (χ2v) is 6.12. The van der Waals surface area contributed by atoms with E-state index in [0.717, 1.165) is 23.0 Å². The van der Waals surface area contributed by atoms with Crippen LogP contribution in [-0.2, 0) is 19.4 Å². The first-order valence-electron chi connectivity index (χ1n) is 8.48. The number of amides is 1. The molecule has 0 atom stereocenters. The van der Waals surface area contributed by atoms with Gasteiger partial charge in [-0.25, -0.2) is 0 Å². The van der Waals surface area contributed by atoms with Gasteiger partial charge in [0.25, 0.3) is 5.91 Å². The largest absolute Gasteiger partial charge is 0.423 e. The van der Waals surface area contributed by atoms with Crippen molar-refractivity contribution in [2.24, 2.45) is 0 Å². The molecule has 0 N–H and O–H groups in total. The minimum absolute atomic E-state index is 0.0833. The molecule has 0 spiro atoms.